The molecule has 1 aromatic heterocycles. The van der Waals surface area contributed by atoms with Crippen LogP contribution in [-0.2, 0) is 13.0 Å². The minimum absolute atomic E-state index is 0. The molecular formula is C22H22BrFN2O2. The van der Waals surface area contributed by atoms with Crippen molar-refractivity contribution in [2.45, 2.75) is 32.4 Å². The number of benzene rings is 2. The molecule has 0 aliphatic carbocycles. The third kappa shape index (κ3) is 3.61. The Morgan fingerprint density at radius 2 is 1.82 bits per heavy atom. The minimum atomic E-state index is -0.313. The van der Waals surface area contributed by atoms with Crippen LogP contribution in [0, 0.1) is 5.82 Å². The Morgan fingerprint density at radius 1 is 1.14 bits per heavy atom. The number of nitrogens with zero attached hydrogens (tertiary/aromatic N) is 2. The summed E-state index contributed by atoms with van der Waals surface area (Å²) in [5.41, 5.74) is 2.65. The third-order valence-corrected chi connectivity index (χ3v) is 5.26. The van der Waals surface area contributed by atoms with Gasteiger partial charge in [-0.1, -0.05) is 0 Å². The van der Waals surface area contributed by atoms with Crippen molar-refractivity contribution in [3.63, 3.8) is 0 Å². The number of hydrogen-bond donors (Lipinski definition) is 0. The number of rotatable bonds is 5. The van der Waals surface area contributed by atoms with Crippen LogP contribution < -0.4 is 26.3 Å². The van der Waals surface area contributed by atoms with Crippen LogP contribution in [0.15, 0.2) is 54.7 Å². The molecule has 146 valence electrons. The summed E-state index contributed by atoms with van der Waals surface area (Å²) in [6.45, 7) is 2.85. The largest absolute Gasteiger partial charge is 1.00 e. The molecule has 0 amide bonds. The molecule has 1 atom stereocenters. The molecule has 2 heterocycles. The number of fused-ring (bicyclic) bond motifs is 1. The lowest BCUT2D eigenvalue weighted by Gasteiger charge is -2.09. The van der Waals surface area contributed by atoms with E-state index in [4.69, 9.17) is 4.74 Å². The first-order chi connectivity index (χ1) is 13.1. The van der Waals surface area contributed by atoms with Gasteiger partial charge in [-0.15, -0.1) is 0 Å². The Bertz CT molecular complexity index is 981. The first-order valence-corrected chi connectivity index (χ1v) is 9.16. The molecule has 28 heavy (non-hydrogen) atoms. The molecule has 3 aromatic rings. The molecule has 1 aliphatic rings. The van der Waals surface area contributed by atoms with Crippen molar-refractivity contribution in [2.75, 3.05) is 7.11 Å². The van der Waals surface area contributed by atoms with Gasteiger partial charge in [-0.25, -0.2) is 13.5 Å². The number of ketones is 1. The van der Waals surface area contributed by atoms with Gasteiger partial charge in [0.2, 0.25) is 5.78 Å². The van der Waals surface area contributed by atoms with E-state index in [-0.39, 0.29) is 34.6 Å². The third-order valence-electron chi connectivity index (χ3n) is 5.26. The number of hydrogen-bond acceptors (Lipinski definition) is 2. The molecule has 0 spiro atoms. The highest BCUT2D eigenvalue weighted by molar-refractivity contribution is 5.97. The van der Waals surface area contributed by atoms with E-state index in [0.29, 0.717) is 5.56 Å². The Balaban J connectivity index is 0.00000225. The average molecular weight is 445 g/mol. The number of ether oxygens (including phenoxy) is 1. The number of methoxy groups -OCH3 is 1. The summed E-state index contributed by atoms with van der Waals surface area (Å²) in [5, 5.41) is 0. The number of Topliss-reactive ketones (excluding diaryl/α,β-unsaturated/α-hetero) is 1. The minimum Gasteiger partial charge on any atom is -1.00 e. The van der Waals surface area contributed by atoms with E-state index in [1.165, 1.54) is 12.1 Å². The van der Waals surface area contributed by atoms with E-state index in [1.807, 2.05) is 13.1 Å². The molecule has 0 radical (unpaired) electrons. The van der Waals surface area contributed by atoms with Crippen LogP contribution in [0.3, 0.4) is 0 Å². The molecule has 0 saturated carbocycles. The van der Waals surface area contributed by atoms with Crippen molar-refractivity contribution in [2.24, 2.45) is 0 Å². The summed E-state index contributed by atoms with van der Waals surface area (Å²) in [6.07, 6.45) is 4.00. The first kappa shape index (κ1) is 20.3. The lowest BCUT2D eigenvalue weighted by Crippen LogP contribution is -3.00. The monoisotopic (exact) mass is 444 g/mol. The second-order valence-electron chi connectivity index (χ2n) is 6.87. The molecule has 4 nitrogen and oxygen atoms in total. The van der Waals surface area contributed by atoms with Crippen molar-refractivity contribution in [1.82, 2.24) is 4.57 Å². The van der Waals surface area contributed by atoms with Crippen molar-refractivity contribution in [1.29, 1.82) is 0 Å². The fraction of sp³-hybridized carbons (Fsp3) is 0.273. The van der Waals surface area contributed by atoms with Gasteiger partial charge in [-0.2, -0.15) is 0 Å². The van der Waals surface area contributed by atoms with E-state index < -0.39 is 0 Å². The summed E-state index contributed by atoms with van der Waals surface area (Å²) in [7, 11) is 1.61. The number of carbonyl (C=O) groups is 1. The lowest BCUT2D eigenvalue weighted by atomic mass is 10.0. The highest BCUT2D eigenvalue weighted by atomic mass is 79.9. The SMILES string of the molecule is COc1ccc(C(=O)C(C)[n+]2cc(-c3ccc(F)cc3)n3c2CCC3)cc1.[Br-]. The number of carbonyl (C=O) groups excluding carboxylic acids is 1. The number of aromatic nitrogens is 2. The van der Waals surface area contributed by atoms with Gasteiger partial charge in [0.15, 0.2) is 11.7 Å². The van der Waals surface area contributed by atoms with E-state index in [9.17, 15) is 9.18 Å². The molecule has 0 saturated heterocycles. The van der Waals surface area contributed by atoms with Crippen LogP contribution in [0.25, 0.3) is 11.3 Å². The molecule has 0 N–H and O–H groups in total. The van der Waals surface area contributed by atoms with Gasteiger partial charge in [0.25, 0.3) is 5.82 Å². The van der Waals surface area contributed by atoms with Gasteiger partial charge < -0.3 is 21.7 Å². The Morgan fingerprint density at radius 3 is 2.46 bits per heavy atom. The summed E-state index contributed by atoms with van der Waals surface area (Å²) in [6, 6.07) is 13.4. The zero-order valence-corrected chi connectivity index (χ0v) is 17.4. The molecule has 0 fully saturated rings. The van der Waals surface area contributed by atoms with E-state index in [2.05, 4.69) is 9.13 Å². The number of imidazole rings is 1. The molecule has 6 heteroatoms. The van der Waals surface area contributed by atoms with E-state index in [1.54, 1.807) is 43.5 Å². The van der Waals surface area contributed by atoms with Crippen molar-refractivity contribution < 1.29 is 35.5 Å². The maximum absolute atomic E-state index is 13.3. The average Bonchev–Trinajstić information content (AvgIpc) is 3.30. The summed E-state index contributed by atoms with van der Waals surface area (Å²) < 4.78 is 22.8. The lowest BCUT2D eigenvalue weighted by molar-refractivity contribution is -0.710. The Kier molecular flexibility index (Phi) is 5.98. The fourth-order valence-electron chi connectivity index (χ4n) is 3.77. The highest BCUT2D eigenvalue weighted by Gasteiger charge is 2.33. The second-order valence-corrected chi connectivity index (χ2v) is 6.87. The van der Waals surface area contributed by atoms with Crippen LogP contribution in [0.4, 0.5) is 4.39 Å². The molecule has 2 aromatic carbocycles. The predicted octanol–water partition coefficient (Wildman–Crippen LogP) is 0.984. The van der Waals surface area contributed by atoms with Crippen LogP contribution in [0.2, 0.25) is 0 Å². The summed E-state index contributed by atoms with van der Waals surface area (Å²) in [4.78, 5) is 13.0. The highest BCUT2D eigenvalue weighted by Crippen LogP contribution is 2.26. The normalized spacial score (nSPS) is 13.5. The maximum Gasteiger partial charge on any atom is 0.257 e. The van der Waals surface area contributed by atoms with Gasteiger partial charge in [0.05, 0.1) is 20.1 Å². The molecule has 1 unspecified atom stereocenters. The molecule has 0 bridgehead atoms. The van der Waals surface area contributed by atoms with Gasteiger partial charge in [0.1, 0.15) is 17.8 Å². The topological polar surface area (TPSA) is 35.1 Å². The summed E-state index contributed by atoms with van der Waals surface area (Å²) in [5.74, 6) is 1.69. The molecule has 4 rings (SSSR count). The Labute approximate surface area is 174 Å². The van der Waals surface area contributed by atoms with E-state index >= 15 is 0 Å². The van der Waals surface area contributed by atoms with Crippen molar-refractivity contribution >= 4 is 5.78 Å². The Hall–Kier alpha value is -2.47. The predicted molar refractivity (Wildman–Crippen MR) is 100 cm³/mol. The van der Waals surface area contributed by atoms with Crippen molar-refractivity contribution in [3.8, 4) is 17.0 Å². The number of halogens is 2. The van der Waals surface area contributed by atoms with Gasteiger partial charge >= 0.3 is 0 Å². The second kappa shape index (κ2) is 8.27. The zero-order valence-electron chi connectivity index (χ0n) is 15.9. The van der Waals surface area contributed by atoms with Crippen molar-refractivity contribution in [3.05, 3.63) is 71.9 Å². The van der Waals surface area contributed by atoms with E-state index in [0.717, 1.165) is 42.2 Å². The van der Waals surface area contributed by atoms with Gasteiger partial charge in [0, 0.05) is 11.1 Å². The molecular weight excluding hydrogens is 423 g/mol. The van der Waals surface area contributed by atoms with Gasteiger partial charge in [-0.05, 0) is 61.9 Å². The van der Waals surface area contributed by atoms with Gasteiger partial charge in [-0.3, -0.25) is 4.79 Å². The zero-order chi connectivity index (χ0) is 19.0. The summed E-state index contributed by atoms with van der Waals surface area (Å²) >= 11 is 0. The fourth-order valence-corrected chi connectivity index (χ4v) is 3.77. The van der Waals surface area contributed by atoms with Crippen LogP contribution in [0.1, 0.15) is 35.6 Å². The smallest absolute Gasteiger partial charge is 0.257 e. The standard InChI is InChI=1S/C22H22FN2O2.BrH/c1-15(22(26)17-7-11-19(27-2)12-8-17)25-14-20(24-13-3-4-21(24)25)16-5-9-18(23)10-6-16;/h5-12,14-15H,3-4,13H2,1-2H3;1H/q+1;/p-1. The quantitative estimate of drug-likeness (QED) is 0.434. The van der Waals surface area contributed by atoms with Crippen LogP contribution in [0.5, 0.6) is 5.75 Å². The van der Waals surface area contributed by atoms with Crippen LogP contribution in [-0.4, -0.2) is 17.5 Å². The van der Waals surface area contributed by atoms with Crippen LogP contribution >= 0.6 is 0 Å². The maximum atomic E-state index is 13.3. The first-order valence-electron chi connectivity index (χ1n) is 9.16. The molecule has 1 aliphatic heterocycles.